The molecule has 2 amide bonds. The van der Waals surface area contributed by atoms with Gasteiger partial charge in [-0.2, -0.15) is 0 Å². The summed E-state index contributed by atoms with van der Waals surface area (Å²) >= 11 is 7.04. The van der Waals surface area contributed by atoms with Crippen LogP contribution in [0.25, 0.3) is 0 Å². The van der Waals surface area contributed by atoms with Crippen LogP contribution in [0.2, 0.25) is 0 Å². The number of ether oxygens (including phenoxy) is 2. The predicted molar refractivity (Wildman–Crippen MR) is 123 cm³/mol. The Hall–Kier alpha value is -2.73. The predicted octanol–water partition coefficient (Wildman–Crippen LogP) is 2.57. The fourth-order valence-corrected chi connectivity index (χ4v) is 2.90. The van der Waals surface area contributed by atoms with Crippen LogP contribution in [-0.2, 0) is 9.53 Å². The number of amides is 2. The van der Waals surface area contributed by atoms with E-state index < -0.39 is 11.9 Å². The molecule has 10 heteroatoms. The van der Waals surface area contributed by atoms with Crippen molar-refractivity contribution >= 4 is 57.7 Å². The Balaban J connectivity index is 1.73. The van der Waals surface area contributed by atoms with Crippen molar-refractivity contribution in [2.24, 2.45) is 0 Å². The van der Waals surface area contributed by atoms with Crippen molar-refractivity contribution in [3.8, 4) is 5.75 Å². The summed E-state index contributed by atoms with van der Waals surface area (Å²) in [6.45, 7) is 1.98. The Kier molecular flexibility index (Phi) is 9.48. The van der Waals surface area contributed by atoms with E-state index in [4.69, 9.17) is 21.7 Å². The van der Waals surface area contributed by atoms with Crippen LogP contribution in [0.4, 0.5) is 0 Å². The summed E-state index contributed by atoms with van der Waals surface area (Å²) in [5.41, 5.74) is 5.64. The lowest BCUT2D eigenvalue weighted by Gasteiger charge is -2.12. The van der Waals surface area contributed by atoms with Crippen molar-refractivity contribution in [2.75, 3.05) is 13.2 Å². The number of hydrogen-bond acceptors (Lipinski definition) is 6. The fourth-order valence-electron chi connectivity index (χ4n) is 2.12. The van der Waals surface area contributed by atoms with Crippen LogP contribution in [0, 0.1) is 3.57 Å². The molecule has 0 fully saturated rings. The van der Waals surface area contributed by atoms with Gasteiger partial charge in [-0.25, -0.2) is 4.79 Å². The maximum Gasteiger partial charge on any atom is 0.338 e. The van der Waals surface area contributed by atoms with Crippen molar-refractivity contribution < 1.29 is 23.9 Å². The summed E-state index contributed by atoms with van der Waals surface area (Å²) in [6, 6.07) is 13.3. The first kappa shape index (κ1) is 23.5. The van der Waals surface area contributed by atoms with Crippen LogP contribution < -0.4 is 20.9 Å². The molecule has 0 heterocycles. The second-order valence-corrected chi connectivity index (χ2v) is 7.46. The van der Waals surface area contributed by atoms with Crippen LogP contribution in [0.5, 0.6) is 5.75 Å². The van der Waals surface area contributed by atoms with Crippen molar-refractivity contribution in [3.05, 3.63) is 63.2 Å². The molecule has 158 valence electrons. The molecule has 0 bridgehead atoms. The number of carbonyl (C=O) groups is 3. The van der Waals surface area contributed by atoms with Crippen molar-refractivity contribution in [1.29, 1.82) is 0 Å². The molecule has 0 aliphatic heterocycles. The summed E-state index contributed by atoms with van der Waals surface area (Å²) in [5.74, 6) is -0.898. The van der Waals surface area contributed by atoms with Gasteiger partial charge < -0.3 is 9.47 Å². The molecular weight excluding hydrogens is 521 g/mol. The number of nitrogens with one attached hydrogen (secondary N) is 3. The van der Waals surface area contributed by atoms with Gasteiger partial charge in [-0.3, -0.25) is 25.8 Å². The van der Waals surface area contributed by atoms with Gasteiger partial charge >= 0.3 is 5.97 Å². The largest absolute Gasteiger partial charge is 0.484 e. The molecule has 0 saturated carbocycles. The number of halogens is 1. The van der Waals surface area contributed by atoms with Crippen LogP contribution in [0.15, 0.2) is 48.5 Å². The van der Waals surface area contributed by atoms with Crippen molar-refractivity contribution in [1.82, 2.24) is 16.2 Å². The lowest BCUT2D eigenvalue weighted by atomic mass is 10.2. The van der Waals surface area contributed by atoms with E-state index in [9.17, 15) is 14.4 Å². The lowest BCUT2D eigenvalue weighted by molar-refractivity contribution is -0.123. The molecule has 30 heavy (non-hydrogen) atoms. The lowest BCUT2D eigenvalue weighted by Crippen LogP contribution is -2.49. The maximum absolute atomic E-state index is 12.2. The van der Waals surface area contributed by atoms with Gasteiger partial charge in [0.2, 0.25) is 0 Å². The van der Waals surface area contributed by atoms with E-state index in [2.05, 4.69) is 16.2 Å². The van der Waals surface area contributed by atoms with Gasteiger partial charge in [0.25, 0.3) is 11.8 Å². The van der Waals surface area contributed by atoms with E-state index in [0.717, 1.165) is 9.99 Å². The van der Waals surface area contributed by atoms with Gasteiger partial charge in [0.05, 0.1) is 17.7 Å². The summed E-state index contributed by atoms with van der Waals surface area (Å²) in [4.78, 5) is 35.8. The molecule has 0 unspecified atom stereocenters. The van der Waals surface area contributed by atoms with Gasteiger partial charge in [0.15, 0.2) is 11.7 Å². The number of carbonyl (C=O) groups excluding carboxylic acids is 3. The monoisotopic (exact) mass is 541 g/mol. The minimum atomic E-state index is -0.507. The summed E-state index contributed by atoms with van der Waals surface area (Å²) in [5, 5.41) is 2.42. The first-order chi connectivity index (χ1) is 14.4. The highest BCUT2D eigenvalue weighted by molar-refractivity contribution is 14.1. The third-order valence-electron chi connectivity index (χ3n) is 3.56. The molecule has 0 atom stereocenters. The Morgan fingerprint density at radius 2 is 1.73 bits per heavy atom. The zero-order chi connectivity index (χ0) is 21.9. The first-order valence-corrected chi connectivity index (χ1v) is 10.4. The Morgan fingerprint density at radius 3 is 2.40 bits per heavy atom. The van der Waals surface area contributed by atoms with E-state index in [1.165, 1.54) is 0 Å². The van der Waals surface area contributed by atoms with Crippen LogP contribution in [0.1, 0.15) is 34.1 Å². The smallest absolute Gasteiger partial charge is 0.338 e. The number of hydrogen-bond donors (Lipinski definition) is 3. The molecule has 8 nitrogen and oxygen atoms in total. The normalized spacial score (nSPS) is 9.93. The molecule has 0 aliphatic carbocycles. The first-order valence-electron chi connectivity index (χ1n) is 8.95. The maximum atomic E-state index is 12.2. The SMILES string of the molecule is CCCOC(=O)c1ccc(OCC(=O)NNC(=S)NC(=O)c2ccccc2I)cc1. The molecule has 3 N–H and O–H groups in total. The van der Waals surface area contributed by atoms with E-state index in [0.29, 0.717) is 23.5 Å². The molecule has 2 aromatic rings. The average molecular weight is 541 g/mol. The minimum Gasteiger partial charge on any atom is -0.484 e. The van der Waals surface area contributed by atoms with Crippen LogP contribution in [-0.4, -0.2) is 36.1 Å². The fraction of sp³-hybridized carbons (Fsp3) is 0.200. The third kappa shape index (κ3) is 7.59. The third-order valence-corrected chi connectivity index (χ3v) is 4.70. The van der Waals surface area contributed by atoms with Gasteiger partial charge in [-0.05, 0) is 77.6 Å². The van der Waals surface area contributed by atoms with Crippen molar-refractivity contribution in [2.45, 2.75) is 13.3 Å². The number of thiocarbonyl (C=S) groups is 1. The van der Waals surface area contributed by atoms with Gasteiger partial charge in [-0.1, -0.05) is 19.1 Å². The Morgan fingerprint density at radius 1 is 1.03 bits per heavy atom. The summed E-state index contributed by atoms with van der Waals surface area (Å²) in [6.07, 6.45) is 0.745. The second kappa shape index (κ2) is 12.1. The van der Waals surface area contributed by atoms with E-state index in [1.54, 1.807) is 42.5 Å². The number of rotatable bonds is 7. The zero-order valence-corrected chi connectivity index (χ0v) is 19.0. The van der Waals surface area contributed by atoms with Crippen molar-refractivity contribution in [3.63, 3.8) is 0 Å². The summed E-state index contributed by atoms with van der Waals surface area (Å²) < 4.78 is 11.2. The highest BCUT2D eigenvalue weighted by Crippen LogP contribution is 2.13. The molecular formula is C20H20IN3O5S. The van der Waals surface area contributed by atoms with E-state index >= 15 is 0 Å². The number of hydrazine groups is 1. The molecule has 0 aliphatic rings. The zero-order valence-electron chi connectivity index (χ0n) is 16.1. The number of benzene rings is 2. The molecule has 0 radical (unpaired) electrons. The van der Waals surface area contributed by atoms with E-state index in [-0.39, 0.29) is 17.6 Å². The highest BCUT2D eigenvalue weighted by atomic mass is 127. The van der Waals surface area contributed by atoms with Gasteiger partial charge in [0, 0.05) is 3.57 Å². The summed E-state index contributed by atoms with van der Waals surface area (Å²) in [7, 11) is 0. The molecule has 2 aromatic carbocycles. The quantitative estimate of drug-likeness (QED) is 0.214. The van der Waals surface area contributed by atoms with Crippen LogP contribution >= 0.6 is 34.8 Å². The molecule has 0 aromatic heterocycles. The standard InChI is InChI=1S/C20H20IN3O5S/c1-2-11-28-19(27)13-7-9-14(10-8-13)29-12-17(25)23-24-20(30)22-18(26)15-5-3-4-6-16(15)21/h3-10H,2,11-12H2,1H3,(H,23,25)(H2,22,24,26,30). The minimum absolute atomic E-state index is 0.0528. The topological polar surface area (TPSA) is 106 Å². The molecule has 2 rings (SSSR count). The Labute approximate surface area is 192 Å². The average Bonchev–Trinajstić information content (AvgIpc) is 2.75. The second-order valence-electron chi connectivity index (χ2n) is 5.89. The Bertz CT molecular complexity index is 921. The van der Waals surface area contributed by atoms with Gasteiger partial charge in [-0.15, -0.1) is 0 Å². The highest BCUT2D eigenvalue weighted by Gasteiger charge is 2.12. The van der Waals surface area contributed by atoms with Crippen LogP contribution in [0.3, 0.4) is 0 Å². The molecule has 0 saturated heterocycles. The van der Waals surface area contributed by atoms with E-state index in [1.807, 2.05) is 35.6 Å². The van der Waals surface area contributed by atoms with Gasteiger partial charge in [0.1, 0.15) is 5.75 Å². The number of esters is 1. The molecule has 0 spiro atoms.